The van der Waals surface area contributed by atoms with Crippen LogP contribution in [0.3, 0.4) is 0 Å². The number of halogens is 1. The van der Waals surface area contributed by atoms with Crippen molar-refractivity contribution in [2.45, 2.75) is 20.3 Å². The predicted octanol–water partition coefficient (Wildman–Crippen LogP) is 4.32. The number of nitrogens with one attached hydrogen (secondary N) is 1. The molecule has 3 heterocycles. The molecule has 0 saturated carbocycles. The number of aromatic nitrogens is 4. The zero-order valence-electron chi connectivity index (χ0n) is 15.9. The quantitative estimate of drug-likeness (QED) is 0.304. The van der Waals surface area contributed by atoms with Crippen molar-refractivity contribution < 1.29 is 9.18 Å². The van der Waals surface area contributed by atoms with Gasteiger partial charge in [-0.3, -0.25) is 9.89 Å². The number of benzene rings is 1. The van der Waals surface area contributed by atoms with Gasteiger partial charge in [0, 0.05) is 23.7 Å². The number of fused-ring (bicyclic) bond motifs is 1. The summed E-state index contributed by atoms with van der Waals surface area (Å²) in [5.74, 6) is 0.155. The van der Waals surface area contributed by atoms with Gasteiger partial charge < -0.3 is 4.40 Å². The Kier molecular flexibility index (Phi) is 4.94. The van der Waals surface area contributed by atoms with Crippen molar-refractivity contribution in [1.82, 2.24) is 19.3 Å². The van der Waals surface area contributed by atoms with E-state index in [1.165, 1.54) is 24.3 Å². The van der Waals surface area contributed by atoms with Crippen LogP contribution in [0.25, 0.3) is 5.52 Å². The summed E-state index contributed by atoms with van der Waals surface area (Å²) >= 11 is 5.25. The zero-order chi connectivity index (χ0) is 20.5. The van der Waals surface area contributed by atoms with Gasteiger partial charge in [-0.15, -0.1) is 0 Å². The number of carbonyl (C=O) groups excluding carboxylic acids is 1. The molecule has 0 saturated heterocycles. The van der Waals surface area contributed by atoms with Crippen LogP contribution in [0.15, 0.2) is 53.8 Å². The molecule has 146 valence electrons. The molecular weight excluding hydrogens is 389 g/mol. The van der Waals surface area contributed by atoms with E-state index in [0.29, 0.717) is 22.4 Å². The number of aryl methyl sites for hydroxylation is 1. The highest BCUT2D eigenvalue weighted by Crippen LogP contribution is 2.24. The molecule has 0 aliphatic rings. The molecule has 0 aliphatic carbocycles. The Morgan fingerprint density at radius 2 is 2.03 bits per heavy atom. The van der Waals surface area contributed by atoms with Gasteiger partial charge in [0.25, 0.3) is 0 Å². The maximum Gasteiger partial charge on any atom is 0.216 e. The van der Waals surface area contributed by atoms with E-state index < -0.39 is 0 Å². The molecule has 0 amide bonds. The van der Waals surface area contributed by atoms with Crippen LogP contribution in [0, 0.1) is 17.5 Å². The lowest BCUT2D eigenvalue weighted by Crippen LogP contribution is -2.07. The number of hydrogen-bond acceptors (Lipinski definition) is 4. The number of aromatic amines is 1. The minimum absolute atomic E-state index is 0.183. The van der Waals surface area contributed by atoms with Crippen LogP contribution in [0.4, 0.5) is 4.39 Å². The Labute approximate surface area is 171 Å². The molecule has 0 fully saturated rings. The SMILES string of the molecule is CCc1n[nH]c(=S)n1N=Cc1c(C)c(C(=O)c2ccc(F)cc2)n2ccccc12. The molecular formula is C21H18FN5OS. The van der Waals surface area contributed by atoms with E-state index in [-0.39, 0.29) is 11.6 Å². The third-order valence-corrected chi connectivity index (χ3v) is 5.06. The van der Waals surface area contributed by atoms with E-state index in [1.54, 1.807) is 10.9 Å². The van der Waals surface area contributed by atoms with Gasteiger partial charge in [0.1, 0.15) is 5.82 Å². The summed E-state index contributed by atoms with van der Waals surface area (Å²) in [6, 6.07) is 11.2. The molecule has 0 bridgehead atoms. The first kappa shape index (κ1) is 18.9. The molecule has 0 spiro atoms. The van der Waals surface area contributed by atoms with Gasteiger partial charge in [-0.2, -0.15) is 14.9 Å². The van der Waals surface area contributed by atoms with E-state index in [9.17, 15) is 9.18 Å². The first-order chi connectivity index (χ1) is 14.0. The zero-order valence-corrected chi connectivity index (χ0v) is 16.7. The first-order valence-electron chi connectivity index (χ1n) is 9.11. The molecule has 29 heavy (non-hydrogen) atoms. The molecule has 1 aromatic carbocycles. The largest absolute Gasteiger partial charge is 0.313 e. The minimum atomic E-state index is -0.380. The number of hydrogen-bond donors (Lipinski definition) is 1. The fourth-order valence-corrected chi connectivity index (χ4v) is 3.52. The molecule has 8 heteroatoms. The van der Waals surface area contributed by atoms with Crippen molar-refractivity contribution in [2.75, 3.05) is 0 Å². The van der Waals surface area contributed by atoms with E-state index in [0.717, 1.165) is 22.5 Å². The average Bonchev–Trinajstić information content (AvgIpc) is 3.22. The molecule has 0 aliphatic heterocycles. The van der Waals surface area contributed by atoms with Crippen molar-refractivity contribution in [1.29, 1.82) is 0 Å². The summed E-state index contributed by atoms with van der Waals surface area (Å²) in [7, 11) is 0. The Bertz CT molecular complexity index is 1300. The summed E-state index contributed by atoms with van der Waals surface area (Å²) < 4.78 is 17.1. The van der Waals surface area contributed by atoms with Crippen LogP contribution in [-0.4, -0.2) is 31.3 Å². The lowest BCUT2D eigenvalue weighted by molar-refractivity contribution is 0.103. The number of rotatable bonds is 5. The number of nitrogens with zero attached hydrogens (tertiary/aromatic N) is 4. The van der Waals surface area contributed by atoms with Gasteiger partial charge in [-0.25, -0.2) is 4.39 Å². The summed E-state index contributed by atoms with van der Waals surface area (Å²) in [5.41, 5.74) is 3.36. The topological polar surface area (TPSA) is 67.5 Å². The van der Waals surface area contributed by atoms with Crippen LogP contribution in [0.5, 0.6) is 0 Å². The van der Waals surface area contributed by atoms with Crippen LogP contribution in [0.1, 0.15) is 39.9 Å². The van der Waals surface area contributed by atoms with Crippen LogP contribution < -0.4 is 0 Å². The fraction of sp³-hybridized carbons (Fsp3) is 0.143. The smallest absolute Gasteiger partial charge is 0.216 e. The van der Waals surface area contributed by atoms with Crippen LogP contribution >= 0.6 is 12.2 Å². The van der Waals surface area contributed by atoms with Gasteiger partial charge in [0.05, 0.1) is 17.4 Å². The van der Waals surface area contributed by atoms with Crippen molar-refractivity contribution in [3.63, 3.8) is 0 Å². The van der Waals surface area contributed by atoms with E-state index in [2.05, 4.69) is 15.3 Å². The molecule has 0 radical (unpaired) electrons. The summed E-state index contributed by atoms with van der Waals surface area (Å²) in [6.45, 7) is 3.84. The number of ketones is 1. The minimum Gasteiger partial charge on any atom is -0.313 e. The Morgan fingerprint density at radius 3 is 2.76 bits per heavy atom. The van der Waals surface area contributed by atoms with Gasteiger partial charge in [0.2, 0.25) is 10.6 Å². The Hall–Kier alpha value is -3.39. The summed E-state index contributed by atoms with van der Waals surface area (Å²) in [5, 5.41) is 11.4. The van der Waals surface area contributed by atoms with Gasteiger partial charge in [-0.05, 0) is 61.1 Å². The monoisotopic (exact) mass is 407 g/mol. The van der Waals surface area contributed by atoms with Gasteiger partial charge in [-0.1, -0.05) is 13.0 Å². The maximum atomic E-state index is 13.3. The highest BCUT2D eigenvalue weighted by atomic mass is 32.1. The maximum absolute atomic E-state index is 13.3. The lowest BCUT2D eigenvalue weighted by atomic mass is 10.0. The van der Waals surface area contributed by atoms with Gasteiger partial charge in [0.15, 0.2) is 5.82 Å². The fourth-order valence-electron chi connectivity index (χ4n) is 3.33. The van der Waals surface area contributed by atoms with E-state index in [4.69, 9.17) is 12.2 Å². The molecule has 3 aromatic heterocycles. The molecule has 4 aromatic rings. The van der Waals surface area contributed by atoms with Crippen LogP contribution in [0.2, 0.25) is 0 Å². The first-order valence-corrected chi connectivity index (χ1v) is 9.52. The van der Waals surface area contributed by atoms with Crippen molar-refractivity contribution in [2.24, 2.45) is 5.10 Å². The van der Waals surface area contributed by atoms with Crippen molar-refractivity contribution >= 4 is 29.7 Å². The standard InChI is InChI=1S/C21H18FN5OS/c1-3-18-24-25-21(29)27(18)23-12-16-13(2)19(26-11-5-4-6-17(16)26)20(28)14-7-9-15(22)10-8-14/h4-12H,3H2,1-2H3,(H,25,29). The summed E-state index contributed by atoms with van der Waals surface area (Å²) in [4.78, 5) is 13.2. The Morgan fingerprint density at radius 1 is 1.28 bits per heavy atom. The van der Waals surface area contributed by atoms with Crippen LogP contribution in [-0.2, 0) is 6.42 Å². The molecule has 0 unspecified atom stereocenters. The molecule has 0 atom stereocenters. The highest BCUT2D eigenvalue weighted by molar-refractivity contribution is 7.71. The second-order valence-corrected chi connectivity index (χ2v) is 6.92. The number of pyridine rings is 1. The molecule has 6 nitrogen and oxygen atoms in total. The normalized spacial score (nSPS) is 11.6. The third kappa shape index (κ3) is 3.31. The van der Waals surface area contributed by atoms with Crippen molar-refractivity contribution in [3.05, 3.63) is 87.5 Å². The third-order valence-electron chi connectivity index (χ3n) is 4.79. The van der Waals surface area contributed by atoms with Crippen molar-refractivity contribution in [3.8, 4) is 0 Å². The van der Waals surface area contributed by atoms with Gasteiger partial charge >= 0.3 is 0 Å². The number of H-pyrrole nitrogens is 1. The second kappa shape index (κ2) is 7.56. The number of carbonyl (C=O) groups is 1. The Balaban J connectivity index is 1.86. The highest BCUT2D eigenvalue weighted by Gasteiger charge is 2.21. The molecule has 1 N–H and O–H groups in total. The predicted molar refractivity (Wildman–Crippen MR) is 112 cm³/mol. The van der Waals surface area contributed by atoms with E-state index >= 15 is 0 Å². The average molecular weight is 407 g/mol. The lowest BCUT2D eigenvalue weighted by Gasteiger charge is -2.04. The molecule has 4 rings (SSSR count). The summed E-state index contributed by atoms with van der Waals surface area (Å²) in [6.07, 6.45) is 4.20. The second-order valence-electron chi connectivity index (χ2n) is 6.53. The van der Waals surface area contributed by atoms with E-state index in [1.807, 2.05) is 42.6 Å².